The molecule has 0 radical (unpaired) electrons. The van der Waals surface area contributed by atoms with E-state index in [0.717, 1.165) is 10.1 Å². The monoisotopic (exact) mass is 512 g/mol. The zero-order valence-corrected chi connectivity index (χ0v) is 22.1. The molecule has 0 saturated heterocycles. The Balaban J connectivity index is 1.96. The van der Waals surface area contributed by atoms with Gasteiger partial charge in [-0.1, -0.05) is 0 Å². The number of amidine groups is 1. The number of nitrogens with one attached hydrogen (secondary N) is 2. The van der Waals surface area contributed by atoms with Crippen molar-refractivity contribution in [2.24, 2.45) is 4.99 Å². The first-order chi connectivity index (χ1) is 15.3. The van der Waals surface area contributed by atoms with Crippen LogP contribution in [-0.2, 0) is 14.3 Å². The number of hydrogen-bond acceptors (Lipinski definition) is 5. The molecule has 0 aromatic heterocycles. The van der Waals surface area contributed by atoms with Crippen molar-refractivity contribution >= 4 is 31.8 Å². The number of alkyl carbamates (subject to hydrolysis) is 1. The molecule has 1 atom stereocenters. The van der Waals surface area contributed by atoms with Gasteiger partial charge in [0.15, 0.2) is 0 Å². The van der Waals surface area contributed by atoms with Crippen LogP contribution in [0.4, 0.5) is 4.79 Å². The Kier molecular flexibility index (Phi) is 11.9. The van der Waals surface area contributed by atoms with Gasteiger partial charge in [-0.3, -0.25) is 0 Å². The molecule has 2 aliphatic carbocycles. The SMILES string of the molecule is CCOC(=O)C(CC[75Se]C(=NC1CCCCC1)NC1CCCCC1)NC(=O)OC(C)(C)C. The minimum absolute atomic E-state index is 0.120. The van der Waals surface area contributed by atoms with Crippen LogP contribution in [0.3, 0.4) is 0 Å². The van der Waals surface area contributed by atoms with Gasteiger partial charge in [0, 0.05) is 0 Å². The third-order valence-electron chi connectivity index (χ3n) is 5.71. The molecule has 0 aromatic carbocycles. The van der Waals surface area contributed by atoms with Gasteiger partial charge in [0.1, 0.15) is 0 Å². The Morgan fingerprint density at radius 3 is 2.25 bits per heavy atom. The van der Waals surface area contributed by atoms with E-state index in [4.69, 9.17) is 14.5 Å². The number of nitrogens with zero attached hydrogens (tertiary/aromatic N) is 1. The van der Waals surface area contributed by atoms with Crippen LogP contribution in [0, 0.1) is 0 Å². The van der Waals surface area contributed by atoms with E-state index in [-0.39, 0.29) is 21.6 Å². The number of amides is 1. The summed E-state index contributed by atoms with van der Waals surface area (Å²) >= 11 is 0.120. The second-order valence-electron chi connectivity index (χ2n) is 9.79. The van der Waals surface area contributed by atoms with Crippen molar-refractivity contribution in [2.45, 2.75) is 127 Å². The quantitative estimate of drug-likeness (QED) is 0.205. The molecular formula is C24H43N3O4Se. The van der Waals surface area contributed by atoms with Gasteiger partial charge in [0.25, 0.3) is 0 Å². The summed E-state index contributed by atoms with van der Waals surface area (Å²) in [5, 5.41) is 7.26. The van der Waals surface area contributed by atoms with Gasteiger partial charge in [-0.05, 0) is 0 Å². The molecule has 7 nitrogen and oxygen atoms in total. The number of carbonyl (C=O) groups excluding carboxylic acids is 2. The van der Waals surface area contributed by atoms with Crippen molar-refractivity contribution in [1.29, 1.82) is 0 Å². The second kappa shape index (κ2) is 14.1. The van der Waals surface area contributed by atoms with Crippen LogP contribution in [0.15, 0.2) is 4.99 Å². The molecule has 32 heavy (non-hydrogen) atoms. The number of ether oxygens (including phenoxy) is 2. The maximum atomic E-state index is 12.4. The molecule has 2 fully saturated rings. The molecule has 1 unspecified atom stereocenters. The topological polar surface area (TPSA) is 89.0 Å². The van der Waals surface area contributed by atoms with Crippen LogP contribution in [0.2, 0.25) is 5.32 Å². The van der Waals surface area contributed by atoms with E-state index in [1.807, 2.05) is 0 Å². The van der Waals surface area contributed by atoms with Gasteiger partial charge in [0.2, 0.25) is 0 Å². The second-order valence-corrected chi connectivity index (χ2v) is 12.1. The van der Waals surface area contributed by atoms with Crippen LogP contribution in [-0.4, -0.2) is 62.1 Å². The summed E-state index contributed by atoms with van der Waals surface area (Å²) < 4.78 is 11.7. The molecule has 2 N–H and O–H groups in total. The zero-order valence-electron chi connectivity index (χ0n) is 20.4. The first-order valence-electron chi connectivity index (χ1n) is 12.4. The van der Waals surface area contributed by atoms with E-state index in [0.29, 0.717) is 18.5 Å². The van der Waals surface area contributed by atoms with E-state index in [9.17, 15) is 9.59 Å². The van der Waals surface area contributed by atoms with E-state index in [1.165, 1.54) is 64.2 Å². The van der Waals surface area contributed by atoms with E-state index in [2.05, 4.69) is 10.6 Å². The Morgan fingerprint density at radius 2 is 1.66 bits per heavy atom. The van der Waals surface area contributed by atoms with Crippen molar-refractivity contribution < 1.29 is 19.1 Å². The molecule has 2 saturated carbocycles. The third kappa shape index (κ3) is 11.0. The molecule has 184 valence electrons. The predicted molar refractivity (Wildman–Crippen MR) is 129 cm³/mol. The number of aliphatic imine (C=N–C) groups is 1. The molecule has 0 spiro atoms. The summed E-state index contributed by atoms with van der Waals surface area (Å²) in [6, 6.07) is 0.253. The standard InChI is InChI=1S/C24H43N3O4Se/c1-5-30-21(28)20(27-23(29)31-24(2,3)4)16-17-32-22(25-18-12-8-6-9-13-18)26-19-14-10-7-11-15-19/h18-20H,5-17H2,1-4H3,(H,25,26)(H,27,29)/i32-4. The molecule has 0 bridgehead atoms. The number of esters is 1. The van der Waals surface area contributed by atoms with Crippen LogP contribution < -0.4 is 10.6 Å². The van der Waals surface area contributed by atoms with Crippen molar-refractivity contribution in [1.82, 2.24) is 10.6 Å². The summed E-state index contributed by atoms with van der Waals surface area (Å²) in [6.45, 7) is 7.48. The average Bonchev–Trinajstić information content (AvgIpc) is 2.73. The zero-order chi connectivity index (χ0) is 23.4. The van der Waals surface area contributed by atoms with E-state index in [1.54, 1.807) is 27.7 Å². The summed E-state index contributed by atoms with van der Waals surface area (Å²) in [5.41, 5.74) is -0.614. The Labute approximate surface area is 200 Å². The van der Waals surface area contributed by atoms with Gasteiger partial charge < -0.3 is 0 Å². The summed E-state index contributed by atoms with van der Waals surface area (Å²) in [7, 11) is 0. The van der Waals surface area contributed by atoms with Crippen molar-refractivity contribution in [3.63, 3.8) is 0 Å². The van der Waals surface area contributed by atoms with Crippen LogP contribution >= 0.6 is 0 Å². The average molecular weight is 513 g/mol. The Bertz CT molecular complexity index is 609. The number of carbonyl (C=O) groups is 2. The fourth-order valence-electron chi connectivity index (χ4n) is 4.13. The number of hydrogen-bond donors (Lipinski definition) is 2. The van der Waals surface area contributed by atoms with Crippen molar-refractivity contribution in [3.05, 3.63) is 0 Å². The predicted octanol–water partition coefficient (Wildman–Crippen LogP) is 4.57. The summed E-state index contributed by atoms with van der Waals surface area (Å²) in [6.07, 6.45) is 12.5. The molecule has 8 heteroatoms. The Morgan fingerprint density at radius 1 is 1.03 bits per heavy atom. The molecule has 0 aliphatic heterocycles. The van der Waals surface area contributed by atoms with Crippen LogP contribution in [0.25, 0.3) is 0 Å². The minimum atomic E-state index is -0.697. The van der Waals surface area contributed by atoms with Gasteiger partial charge in [-0.15, -0.1) is 0 Å². The van der Waals surface area contributed by atoms with Gasteiger partial charge in [-0.25, -0.2) is 0 Å². The molecule has 0 heterocycles. The summed E-state index contributed by atoms with van der Waals surface area (Å²) in [5.74, 6) is -0.403. The first kappa shape index (κ1) is 27.0. The summed E-state index contributed by atoms with van der Waals surface area (Å²) in [4.78, 5) is 29.8. The molecular weight excluding hydrogens is 469 g/mol. The molecule has 0 aromatic rings. The fraction of sp³-hybridized carbons (Fsp3) is 0.875. The van der Waals surface area contributed by atoms with Gasteiger partial charge in [0.05, 0.1) is 0 Å². The van der Waals surface area contributed by atoms with Crippen molar-refractivity contribution in [3.8, 4) is 0 Å². The molecule has 2 aliphatic rings. The molecule has 2 rings (SSSR count). The maximum absolute atomic E-state index is 12.4. The molecule has 1 amide bonds. The van der Waals surface area contributed by atoms with Crippen LogP contribution in [0.1, 0.15) is 98.3 Å². The fourth-order valence-corrected chi connectivity index (χ4v) is 6.27. The van der Waals surface area contributed by atoms with E-state index >= 15 is 0 Å². The van der Waals surface area contributed by atoms with Crippen molar-refractivity contribution in [2.75, 3.05) is 6.61 Å². The van der Waals surface area contributed by atoms with Crippen LogP contribution in [0.5, 0.6) is 0 Å². The van der Waals surface area contributed by atoms with Gasteiger partial charge >= 0.3 is 200 Å². The Hall–Kier alpha value is -1.27. The first-order valence-corrected chi connectivity index (χ1v) is 14.5. The van der Waals surface area contributed by atoms with E-state index < -0.39 is 23.7 Å². The number of rotatable bonds is 9. The van der Waals surface area contributed by atoms with Gasteiger partial charge in [-0.2, -0.15) is 0 Å². The third-order valence-corrected chi connectivity index (χ3v) is 7.68. The normalized spacial score (nSPS) is 19.8.